The number of para-hydroxylation sites is 3. The Bertz CT molecular complexity index is 2950. The number of hydrogen-bond donors (Lipinski definition) is 0. The van der Waals surface area contributed by atoms with Gasteiger partial charge in [0.05, 0.1) is 22.4 Å². The topological polar surface area (TPSA) is 34.0 Å². The molecule has 0 radical (unpaired) electrons. The summed E-state index contributed by atoms with van der Waals surface area (Å²) in [4.78, 5) is 12.4. The number of fused-ring (bicyclic) bond motifs is 3. The van der Waals surface area contributed by atoms with Gasteiger partial charge in [0.25, 0.3) is 0 Å². The monoisotopic (exact) mass is 744 g/mol. The molecule has 0 fully saturated rings. The standard InChI is InChI=1S/C54H40N4/c1-37-13-11-15-42(33-37)51-36-50(55-54(56-51)43-16-12-14-38(2)34-43)41-25-23-39(24-26-41)40-27-29-46(30-28-40)58-52-22-10-9-21-48(52)49-35-47(31-32-53(49)58)57(44-17-5-3-6-18-44)45-19-7-4-8-20-45/h3-36H,1-2H3. The number of hydrogen-bond acceptors (Lipinski definition) is 3. The van der Waals surface area contributed by atoms with E-state index in [1.165, 1.54) is 32.9 Å². The molecule has 4 heteroatoms. The molecule has 0 saturated carbocycles. The SMILES string of the molecule is Cc1cccc(-c2cc(-c3ccc(-c4ccc(-n5c6ccccc6c6cc(N(c7ccccc7)c7ccccc7)ccc65)cc4)cc3)nc(-c3cccc(C)c3)n2)c1. The highest BCUT2D eigenvalue weighted by Crippen LogP contribution is 2.40. The molecule has 0 aliphatic carbocycles. The predicted octanol–water partition coefficient (Wildman–Crippen LogP) is 14.3. The third-order valence-corrected chi connectivity index (χ3v) is 10.9. The fourth-order valence-corrected chi connectivity index (χ4v) is 8.08. The molecule has 0 aliphatic heterocycles. The average molecular weight is 745 g/mol. The van der Waals surface area contributed by atoms with Crippen LogP contribution in [0.3, 0.4) is 0 Å². The summed E-state index contributed by atoms with van der Waals surface area (Å²) < 4.78 is 2.38. The Morgan fingerprint density at radius 3 is 1.55 bits per heavy atom. The largest absolute Gasteiger partial charge is 0.310 e. The van der Waals surface area contributed by atoms with Crippen molar-refractivity contribution in [2.45, 2.75) is 13.8 Å². The Balaban J connectivity index is 0.993. The Morgan fingerprint density at radius 1 is 0.362 bits per heavy atom. The minimum absolute atomic E-state index is 0.725. The molecule has 276 valence electrons. The lowest BCUT2D eigenvalue weighted by atomic mass is 10.0. The smallest absolute Gasteiger partial charge is 0.160 e. The molecular formula is C54H40N4. The Labute approximate surface area is 339 Å². The quantitative estimate of drug-likeness (QED) is 0.155. The third-order valence-electron chi connectivity index (χ3n) is 10.9. The molecule has 0 atom stereocenters. The van der Waals surface area contributed by atoms with Crippen LogP contribution in [-0.4, -0.2) is 14.5 Å². The highest BCUT2D eigenvalue weighted by Gasteiger charge is 2.18. The van der Waals surface area contributed by atoms with E-state index in [1.807, 2.05) is 0 Å². The molecule has 0 bridgehead atoms. The fourth-order valence-electron chi connectivity index (χ4n) is 8.08. The van der Waals surface area contributed by atoms with Crippen molar-refractivity contribution in [3.63, 3.8) is 0 Å². The van der Waals surface area contributed by atoms with Crippen LogP contribution in [0, 0.1) is 13.8 Å². The molecule has 0 aliphatic rings. The maximum Gasteiger partial charge on any atom is 0.160 e. The lowest BCUT2D eigenvalue weighted by Gasteiger charge is -2.25. The van der Waals surface area contributed by atoms with E-state index in [-0.39, 0.29) is 0 Å². The minimum atomic E-state index is 0.725. The summed E-state index contributed by atoms with van der Waals surface area (Å²) in [5.74, 6) is 0.725. The summed E-state index contributed by atoms with van der Waals surface area (Å²) in [6.07, 6.45) is 0. The van der Waals surface area contributed by atoms with Crippen molar-refractivity contribution >= 4 is 38.9 Å². The van der Waals surface area contributed by atoms with E-state index in [2.05, 4.69) is 230 Å². The zero-order valence-corrected chi connectivity index (χ0v) is 32.4. The van der Waals surface area contributed by atoms with Crippen LogP contribution in [0.2, 0.25) is 0 Å². The van der Waals surface area contributed by atoms with Gasteiger partial charge in [-0.15, -0.1) is 0 Å². The van der Waals surface area contributed by atoms with Crippen LogP contribution in [0.4, 0.5) is 17.1 Å². The van der Waals surface area contributed by atoms with E-state index in [0.717, 1.165) is 67.8 Å². The van der Waals surface area contributed by atoms with Crippen molar-refractivity contribution in [1.29, 1.82) is 0 Å². The van der Waals surface area contributed by atoms with Crippen molar-refractivity contribution in [1.82, 2.24) is 14.5 Å². The Hall–Kier alpha value is -7.56. The highest BCUT2D eigenvalue weighted by molar-refractivity contribution is 6.10. The van der Waals surface area contributed by atoms with Crippen LogP contribution in [0.1, 0.15) is 11.1 Å². The van der Waals surface area contributed by atoms with Gasteiger partial charge >= 0.3 is 0 Å². The molecule has 8 aromatic carbocycles. The van der Waals surface area contributed by atoms with Crippen LogP contribution in [0.5, 0.6) is 0 Å². The molecule has 0 amide bonds. The van der Waals surface area contributed by atoms with Gasteiger partial charge in [-0.3, -0.25) is 0 Å². The van der Waals surface area contributed by atoms with Crippen LogP contribution in [0.25, 0.3) is 72.5 Å². The first-order valence-electron chi connectivity index (χ1n) is 19.7. The maximum atomic E-state index is 5.08. The molecule has 0 unspecified atom stereocenters. The predicted molar refractivity (Wildman–Crippen MR) is 242 cm³/mol. The Morgan fingerprint density at radius 2 is 0.897 bits per heavy atom. The lowest BCUT2D eigenvalue weighted by molar-refractivity contribution is 1.18. The molecule has 0 saturated heterocycles. The van der Waals surface area contributed by atoms with Gasteiger partial charge in [-0.05, 0) is 104 Å². The van der Waals surface area contributed by atoms with Gasteiger partial charge in [-0.1, -0.05) is 139 Å². The zero-order valence-electron chi connectivity index (χ0n) is 32.4. The van der Waals surface area contributed by atoms with Gasteiger partial charge in [-0.2, -0.15) is 0 Å². The normalized spacial score (nSPS) is 11.3. The van der Waals surface area contributed by atoms with E-state index in [9.17, 15) is 0 Å². The summed E-state index contributed by atoms with van der Waals surface area (Å²) in [7, 11) is 0. The van der Waals surface area contributed by atoms with E-state index >= 15 is 0 Å². The van der Waals surface area contributed by atoms with E-state index in [1.54, 1.807) is 0 Å². The molecule has 0 N–H and O–H groups in total. The molecule has 58 heavy (non-hydrogen) atoms. The van der Waals surface area contributed by atoms with E-state index < -0.39 is 0 Å². The number of anilines is 3. The van der Waals surface area contributed by atoms with Crippen molar-refractivity contribution < 1.29 is 0 Å². The van der Waals surface area contributed by atoms with Crippen molar-refractivity contribution in [2.75, 3.05) is 4.90 Å². The maximum absolute atomic E-state index is 5.08. The second-order valence-corrected chi connectivity index (χ2v) is 14.9. The molecular weight excluding hydrogens is 705 g/mol. The van der Waals surface area contributed by atoms with Crippen molar-refractivity contribution in [2.24, 2.45) is 0 Å². The third kappa shape index (κ3) is 6.61. The van der Waals surface area contributed by atoms with Crippen LogP contribution in [-0.2, 0) is 0 Å². The average Bonchev–Trinajstić information content (AvgIpc) is 3.61. The zero-order chi connectivity index (χ0) is 39.0. The van der Waals surface area contributed by atoms with Crippen LogP contribution in [0.15, 0.2) is 206 Å². The molecule has 2 aromatic heterocycles. The molecule has 10 aromatic rings. The summed E-state index contributed by atoms with van der Waals surface area (Å²) in [6, 6.07) is 73.3. The van der Waals surface area contributed by atoms with Gasteiger partial charge in [0, 0.05) is 50.2 Å². The van der Waals surface area contributed by atoms with Gasteiger partial charge in [-0.25, -0.2) is 9.97 Å². The highest BCUT2D eigenvalue weighted by atomic mass is 15.1. The summed E-state index contributed by atoms with van der Waals surface area (Å²) in [5, 5.41) is 2.44. The van der Waals surface area contributed by atoms with Gasteiger partial charge < -0.3 is 9.47 Å². The van der Waals surface area contributed by atoms with Crippen LogP contribution < -0.4 is 4.90 Å². The second kappa shape index (κ2) is 14.8. The first-order chi connectivity index (χ1) is 28.6. The van der Waals surface area contributed by atoms with Crippen molar-refractivity contribution in [3.8, 4) is 50.7 Å². The summed E-state index contributed by atoms with van der Waals surface area (Å²) >= 11 is 0. The van der Waals surface area contributed by atoms with Gasteiger partial charge in [0.2, 0.25) is 0 Å². The lowest BCUT2D eigenvalue weighted by Crippen LogP contribution is -2.09. The summed E-state index contributed by atoms with van der Waals surface area (Å²) in [5.41, 5.74) is 16.5. The first-order valence-corrected chi connectivity index (χ1v) is 19.7. The Kier molecular flexibility index (Phi) is 8.92. The molecule has 4 nitrogen and oxygen atoms in total. The number of benzene rings is 8. The van der Waals surface area contributed by atoms with E-state index in [0.29, 0.717) is 0 Å². The molecule has 10 rings (SSSR count). The minimum Gasteiger partial charge on any atom is -0.310 e. The second-order valence-electron chi connectivity index (χ2n) is 14.9. The summed E-state index contributed by atoms with van der Waals surface area (Å²) in [6.45, 7) is 4.22. The van der Waals surface area contributed by atoms with Crippen molar-refractivity contribution in [3.05, 3.63) is 217 Å². The molecule has 0 spiro atoms. The van der Waals surface area contributed by atoms with Gasteiger partial charge in [0.15, 0.2) is 5.82 Å². The fraction of sp³-hybridized carbons (Fsp3) is 0.0370. The number of nitrogens with zero attached hydrogens (tertiary/aromatic N) is 4. The molecule has 2 heterocycles. The number of aryl methyl sites for hydroxylation is 2. The number of aromatic nitrogens is 3. The van der Waals surface area contributed by atoms with Crippen LogP contribution >= 0.6 is 0 Å². The van der Waals surface area contributed by atoms with Gasteiger partial charge in [0.1, 0.15) is 0 Å². The van der Waals surface area contributed by atoms with E-state index in [4.69, 9.17) is 9.97 Å². The number of rotatable bonds is 8. The first kappa shape index (κ1) is 34.9.